The number of benzene rings is 2. The third-order valence-corrected chi connectivity index (χ3v) is 7.66. The van der Waals surface area contributed by atoms with Gasteiger partial charge >= 0.3 is 0 Å². The summed E-state index contributed by atoms with van der Waals surface area (Å²) in [6, 6.07) is 14.3. The molecule has 1 amide bonds. The molecule has 180 valence electrons. The number of hydrogen-bond acceptors (Lipinski definition) is 6. The molecule has 0 spiro atoms. The minimum atomic E-state index is -3.85. The van der Waals surface area contributed by atoms with E-state index < -0.39 is 15.9 Å². The van der Waals surface area contributed by atoms with E-state index in [9.17, 15) is 13.2 Å². The lowest BCUT2D eigenvalue weighted by Gasteiger charge is -2.26. The molecule has 0 saturated carbocycles. The Bertz CT molecular complexity index is 1250. The zero-order valence-electron chi connectivity index (χ0n) is 19.2. The molecular weight excluding hydrogens is 456 g/mol. The van der Waals surface area contributed by atoms with Crippen LogP contribution in [0.5, 0.6) is 5.75 Å². The Morgan fingerprint density at radius 3 is 2.47 bits per heavy atom. The highest BCUT2D eigenvalue weighted by atomic mass is 32.2. The molecule has 0 bridgehead atoms. The summed E-state index contributed by atoms with van der Waals surface area (Å²) in [5, 5.41) is 7.15. The van der Waals surface area contributed by atoms with Gasteiger partial charge in [-0.1, -0.05) is 31.2 Å². The number of aryl methyl sites for hydroxylation is 1. The summed E-state index contributed by atoms with van der Waals surface area (Å²) < 4.78 is 40.0. The first kappa shape index (κ1) is 23.9. The molecule has 0 unspecified atom stereocenters. The average molecular weight is 485 g/mol. The van der Waals surface area contributed by atoms with Gasteiger partial charge in [-0.2, -0.15) is 9.40 Å². The van der Waals surface area contributed by atoms with Crippen molar-refractivity contribution in [1.82, 2.24) is 14.1 Å². The third-order valence-electron chi connectivity index (χ3n) is 5.74. The normalized spacial score (nSPS) is 14.6. The summed E-state index contributed by atoms with van der Waals surface area (Å²) in [5.41, 5.74) is 2.51. The van der Waals surface area contributed by atoms with Crippen molar-refractivity contribution >= 4 is 21.7 Å². The predicted octanol–water partition coefficient (Wildman–Crippen LogP) is 2.78. The quantitative estimate of drug-likeness (QED) is 0.528. The number of methoxy groups -OCH3 is 1. The second-order valence-electron chi connectivity index (χ2n) is 7.88. The first-order valence-corrected chi connectivity index (χ1v) is 12.5. The van der Waals surface area contributed by atoms with Crippen molar-refractivity contribution in [2.24, 2.45) is 0 Å². The molecule has 34 heavy (non-hydrogen) atoms. The van der Waals surface area contributed by atoms with Gasteiger partial charge in [-0.3, -0.25) is 4.79 Å². The number of ether oxygens (including phenoxy) is 2. The van der Waals surface area contributed by atoms with Crippen LogP contribution in [0, 0.1) is 0 Å². The molecule has 9 nitrogen and oxygen atoms in total. The van der Waals surface area contributed by atoms with E-state index in [0.29, 0.717) is 25.6 Å². The van der Waals surface area contributed by atoms with E-state index in [1.165, 1.54) is 35.2 Å². The summed E-state index contributed by atoms with van der Waals surface area (Å²) in [5.74, 6) is 0.255. The topological polar surface area (TPSA) is 103 Å². The standard InChI is InChI=1S/C24H28N4O5S/c1-3-18-4-6-19(7-5-18)17-28-23(10-11-25-28)26-24(29)20-8-9-21(32-2)22(16-20)34(30,31)27-12-14-33-15-13-27/h4-11,16H,3,12-15,17H2,1-2H3,(H,26,29). The summed E-state index contributed by atoms with van der Waals surface area (Å²) >= 11 is 0. The highest BCUT2D eigenvalue weighted by Gasteiger charge is 2.30. The molecule has 2 aromatic carbocycles. The van der Waals surface area contributed by atoms with E-state index in [4.69, 9.17) is 9.47 Å². The van der Waals surface area contributed by atoms with Crippen molar-refractivity contribution in [3.05, 3.63) is 71.4 Å². The lowest BCUT2D eigenvalue weighted by atomic mass is 10.1. The van der Waals surface area contributed by atoms with Gasteiger partial charge in [0.2, 0.25) is 10.0 Å². The van der Waals surface area contributed by atoms with Crippen molar-refractivity contribution in [2.75, 3.05) is 38.7 Å². The van der Waals surface area contributed by atoms with E-state index in [0.717, 1.165) is 12.0 Å². The first-order chi connectivity index (χ1) is 16.4. The maximum atomic E-state index is 13.2. The maximum absolute atomic E-state index is 13.2. The van der Waals surface area contributed by atoms with Gasteiger partial charge in [0.1, 0.15) is 16.5 Å². The fourth-order valence-electron chi connectivity index (χ4n) is 3.75. The molecule has 2 heterocycles. The lowest BCUT2D eigenvalue weighted by Crippen LogP contribution is -2.40. The average Bonchev–Trinajstić information content (AvgIpc) is 3.30. The molecule has 1 N–H and O–H groups in total. The molecule has 1 aliphatic heterocycles. The van der Waals surface area contributed by atoms with E-state index in [-0.39, 0.29) is 29.3 Å². The fraction of sp³-hybridized carbons (Fsp3) is 0.333. The van der Waals surface area contributed by atoms with Gasteiger partial charge < -0.3 is 14.8 Å². The van der Waals surface area contributed by atoms with Crippen LogP contribution in [-0.4, -0.2) is 61.8 Å². The number of morpholine rings is 1. The molecule has 10 heteroatoms. The monoisotopic (exact) mass is 484 g/mol. The Morgan fingerprint density at radius 1 is 1.09 bits per heavy atom. The highest BCUT2D eigenvalue weighted by molar-refractivity contribution is 7.89. The zero-order chi connectivity index (χ0) is 24.1. The largest absolute Gasteiger partial charge is 0.495 e. The van der Waals surface area contributed by atoms with Gasteiger partial charge in [0.15, 0.2) is 0 Å². The van der Waals surface area contributed by atoms with E-state index in [1.54, 1.807) is 16.9 Å². The number of rotatable bonds is 8. The van der Waals surface area contributed by atoms with E-state index >= 15 is 0 Å². The molecule has 1 saturated heterocycles. The van der Waals surface area contributed by atoms with Gasteiger partial charge in [-0.05, 0) is 35.7 Å². The number of carbonyl (C=O) groups is 1. The molecule has 1 aromatic heterocycles. The molecule has 4 rings (SSSR count). The Kier molecular flexibility index (Phi) is 7.30. The lowest BCUT2D eigenvalue weighted by molar-refractivity contribution is 0.0729. The van der Waals surface area contributed by atoms with Gasteiger partial charge in [0.25, 0.3) is 5.91 Å². The number of nitrogens with one attached hydrogen (secondary N) is 1. The Morgan fingerprint density at radius 2 is 1.79 bits per heavy atom. The molecule has 0 atom stereocenters. The second-order valence-corrected chi connectivity index (χ2v) is 9.79. The van der Waals surface area contributed by atoms with Crippen molar-refractivity contribution in [1.29, 1.82) is 0 Å². The number of hydrogen-bond donors (Lipinski definition) is 1. The summed E-state index contributed by atoms with van der Waals surface area (Å²) in [4.78, 5) is 13.0. The number of carbonyl (C=O) groups excluding carboxylic acids is 1. The Balaban J connectivity index is 1.55. The minimum Gasteiger partial charge on any atom is -0.495 e. The summed E-state index contributed by atoms with van der Waals surface area (Å²) in [7, 11) is -2.44. The smallest absolute Gasteiger partial charge is 0.256 e. The minimum absolute atomic E-state index is 0.0472. The van der Waals surface area contributed by atoms with Gasteiger partial charge in [0, 0.05) is 24.7 Å². The molecule has 0 radical (unpaired) electrons. The van der Waals surface area contributed by atoms with Crippen LogP contribution in [-0.2, 0) is 27.7 Å². The summed E-state index contributed by atoms with van der Waals surface area (Å²) in [6.45, 7) is 3.75. The number of aromatic nitrogens is 2. The molecule has 3 aromatic rings. The van der Waals surface area contributed by atoms with Crippen LogP contribution in [0.4, 0.5) is 5.82 Å². The van der Waals surface area contributed by atoms with Crippen LogP contribution in [0.25, 0.3) is 0 Å². The van der Waals surface area contributed by atoms with Crippen LogP contribution >= 0.6 is 0 Å². The van der Waals surface area contributed by atoms with Crippen LogP contribution < -0.4 is 10.1 Å². The van der Waals surface area contributed by atoms with Crippen molar-refractivity contribution < 1.29 is 22.7 Å². The maximum Gasteiger partial charge on any atom is 0.256 e. The van der Waals surface area contributed by atoms with Crippen LogP contribution in [0.3, 0.4) is 0 Å². The number of amides is 1. The first-order valence-electron chi connectivity index (χ1n) is 11.1. The van der Waals surface area contributed by atoms with E-state index in [1.807, 2.05) is 12.1 Å². The Hall–Kier alpha value is -3.21. The van der Waals surface area contributed by atoms with E-state index in [2.05, 4.69) is 29.5 Å². The zero-order valence-corrected chi connectivity index (χ0v) is 20.0. The highest BCUT2D eigenvalue weighted by Crippen LogP contribution is 2.29. The number of sulfonamides is 1. The van der Waals surface area contributed by atoms with Crippen molar-refractivity contribution in [2.45, 2.75) is 24.8 Å². The van der Waals surface area contributed by atoms with Crippen LogP contribution in [0.15, 0.2) is 59.6 Å². The van der Waals surface area contributed by atoms with Crippen molar-refractivity contribution in [3.63, 3.8) is 0 Å². The SMILES string of the molecule is CCc1ccc(Cn2nccc2NC(=O)c2ccc(OC)c(S(=O)(=O)N3CCOCC3)c2)cc1. The van der Waals surface area contributed by atoms with Gasteiger partial charge in [0.05, 0.1) is 33.1 Å². The fourth-order valence-corrected chi connectivity index (χ4v) is 5.34. The molecule has 1 fully saturated rings. The Labute approximate surface area is 199 Å². The summed E-state index contributed by atoms with van der Waals surface area (Å²) in [6.07, 6.45) is 2.58. The second kappa shape index (κ2) is 10.4. The molecular formula is C24H28N4O5S. The third kappa shape index (κ3) is 5.14. The number of nitrogens with zero attached hydrogens (tertiary/aromatic N) is 3. The van der Waals surface area contributed by atoms with Gasteiger partial charge in [-0.25, -0.2) is 13.1 Å². The van der Waals surface area contributed by atoms with Crippen molar-refractivity contribution in [3.8, 4) is 5.75 Å². The van der Waals surface area contributed by atoms with Crippen LogP contribution in [0.2, 0.25) is 0 Å². The predicted molar refractivity (Wildman–Crippen MR) is 128 cm³/mol. The molecule has 1 aliphatic rings. The number of anilines is 1. The molecule has 0 aliphatic carbocycles. The van der Waals surface area contributed by atoms with Crippen LogP contribution in [0.1, 0.15) is 28.4 Å². The van der Waals surface area contributed by atoms with Gasteiger partial charge in [-0.15, -0.1) is 0 Å².